The van der Waals surface area contributed by atoms with Crippen molar-refractivity contribution in [2.45, 2.75) is 87.9 Å². The normalized spacial score (nSPS) is 21.7. The molecule has 23 heteroatoms. The highest BCUT2D eigenvalue weighted by Gasteiger charge is 2.46. The number of hydrogen-bond donors (Lipinski definition) is 0. The van der Waals surface area contributed by atoms with E-state index in [0.717, 1.165) is 50.7 Å². The minimum atomic E-state index is -2.46. The van der Waals surface area contributed by atoms with Gasteiger partial charge < -0.3 is 76.8 Å². The van der Waals surface area contributed by atoms with Crippen molar-refractivity contribution in [2.75, 3.05) is 138 Å². The van der Waals surface area contributed by atoms with E-state index >= 15 is 0 Å². The zero-order valence-electron chi connectivity index (χ0n) is 38.8. The van der Waals surface area contributed by atoms with E-state index in [2.05, 4.69) is 11.9 Å². The van der Waals surface area contributed by atoms with Crippen molar-refractivity contribution in [2.24, 2.45) is 16.3 Å². The number of nitrogens with zero attached hydrogens (tertiary/aromatic N) is 1. The molecular formula is C37H79NO18Si4. The second-order valence-corrected chi connectivity index (χ2v) is 27.3. The Morgan fingerprint density at radius 2 is 1.10 bits per heavy atom. The number of isocyanates is 1. The highest BCUT2D eigenvalue weighted by atomic mass is 28.4. The van der Waals surface area contributed by atoms with Crippen LogP contribution in [0.5, 0.6) is 0 Å². The van der Waals surface area contributed by atoms with Crippen LogP contribution in [0.15, 0.2) is 4.99 Å². The Labute approximate surface area is 364 Å². The molecule has 0 aromatic heterocycles. The van der Waals surface area contributed by atoms with Gasteiger partial charge in [-0.05, 0) is 44.4 Å². The summed E-state index contributed by atoms with van der Waals surface area (Å²) in [5.41, 5.74) is 0.192. The lowest BCUT2D eigenvalue weighted by Gasteiger charge is -2.37. The fraction of sp³-hybridized carbons (Fsp3) is 0.973. The van der Waals surface area contributed by atoms with Crippen LogP contribution in [-0.4, -0.2) is 198 Å². The molecule has 0 bridgehead atoms. The average Bonchev–Trinajstić information content (AvgIpc) is 4.23. The molecule has 4 fully saturated rings. The quantitative estimate of drug-likeness (QED) is 0.0330. The van der Waals surface area contributed by atoms with Gasteiger partial charge in [0.1, 0.15) is 6.10 Å². The Bertz CT molecular complexity index is 1090. The number of epoxide rings is 2. The highest BCUT2D eigenvalue weighted by Crippen LogP contribution is 2.41. The van der Waals surface area contributed by atoms with E-state index in [1.54, 1.807) is 85.3 Å². The van der Waals surface area contributed by atoms with Crippen LogP contribution in [0.3, 0.4) is 0 Å². The third-order valence-electron chi connectivity index (χ3n) is 10.9. The zero-order chi connectivity index (χ0) is 45.0. The summed E-state index contributed by atoms with van der Waals surface area (Å²) < 4.78 is 90.3. The molecule has 4 unspecified atom stereocenters. The SMILES string of the molecule is CO[Si](CCC1CCC2OC2C1)(OC)OC.CO[Si](CCCN=C=O)(OC)OC.CO[Si](CCCOCC1CO1)(OC)OC.CO[Si](CCOCC1(C)COC1)(OC)OC. The number of hydrogen-bond acceptors (Lipinski definition) is 19. The Kier molecular flexibility index (Phi) is 30.2. The monoisotopic (exact) mass is 937 g/mol. The smallest absolute Gasteiger partial charge is 0.381 e. The fourth-order valence-electron chi connectivity index (χ4n) is 6.59. The molecule has 4 atom stereocenters. The van der Waals surface area contributed by atoms with Crippen molar-refractivity contribution in [1.29, 1.82) is 0 Å². The average molecular weight is 938 g/mol. The maximum absolute atomic E-state index is 9.76. The molecule has 0 N–H and O–H groups in total. The Morgan fingerprint density at radius 1 is 0.617 bits per heavy atom. The van der Waals surface area contributed by atoms with E-state index in [-0.39, 0.29) is 5.41 Å². The second-order valence-electron chi connectivity index (χ2n) is 14.9. The third kappa shape index (κ3) is 21.5. The number of carbonyl (C=O) groups excluding carboxylic acids is 1. The second kappa shape index (κ2) is 31.4. The minimum absolute atomic E-state index is 0.192. The summed E-state index contributed by atoms with van der Waals surface area (Å²) in [5, 5.41) is 0. The standard InChI is InChI=1S/C11H22O4Si.C10H22O5Si.C9H20O5Si.C7H15NO4Si/c1-12-16(13-2,14-3)7-6-9-4-5-10-11(8-9)15-10;1-10(8-15-9-10)7-14-5-6-16(11-2,12-3)13-4;1-10-15(11-2,12-3)6-4-5-13-7-9-8-14-9;1-10-13(11-2,12-3)6-4-5-8-7-9/h9-11H,4-8H2,1-3H3;5-9H2,1-4H3;9H,4-8H2,1-3H3;4-6H2,1-3H3. The van der Waals surface area contributed by atoms with Gasteiger partial charge >= 0.3 is 35.2 Å². The summed E-state index contributed by atoms with van der Waals surface area (Å²) in [5.74, 6) is 0.760. The lowest BCUT2D eigenvalue weighted by Crippen LogP contribution is -2.45. The zero-order valence-corrected chi connectivity index (χ0v) is 42.8. The summed E-state index contributed by atoms with van der Waals surface area (Å²) in [4.78, 5) is 13.2. The Balaban J connectivity index is 0.000000402. The van der Waals surface area contributed by atoms with Crippen LogP contribution in [-0.2, 0) is 81.6 Å². The van der Waals surface area contributed by atoms with Gasteiger partial charge in [-0.25, -0.2) is 9.79 Å². The number of rotatable bonds is 30. The molecule has 0 radical (unpaired) electrons. The molecule has 4 rings (SSSR count). The van der Waals surface area contributed by atoms with Gasteiger partial charge in [0.25, 0.3) is 0 Å². The predicted molar refractivity (Wildman–Crippen MR) is 229 cm³/mol. The Hall–Kier alpha value is -0.432. The fourth-order valence-corrected chi connectivity index (χ4v) is 13.4. The van der Waals surface area contributed by atoms with E-state index in [1.807, 2.05) is 0 Å². The van der Waals surface area contributed by atoms with Gasteiger partial charge in [-0.15, -0.1) is 0 Å². The molecule has 60 heavy (non-hydrogen) atoms. The summed E-state index contributed by atoms with van der Waals surface area (Å²) in [6, 6.07) is 3.02. The number of fused-ring (bicyclic) bond motifs is 1. The molecule has 0 spiro atoms. The van der Waals surface area contributed by atoms with Crippen LogP contribution in [0.4, 0.5) is 0 Å². The van der Waals surface area contributed by atoms with Gasteiger partial charge in [-0.3, -0.25) is 0 Å². The van der Waals surface area contributed by atoms with Gasteiger partial charge in [0.05, 0.1) is 58.4 Å². The maximum atomic E-state index is 9.76. The lowest BCUT2D eigenvalue weighted by atomic mass is 9.88. The molecular weight excluding hydrogens is 859 g/mol. The van der Waals surface area contributed by atoms with Crippen molar-refractivity contribution in [3.63, 3.8) is 0 Å². The third-order valence-corrected chi connectivity index (χ3v) is 22.0. The van der Waals surface area contributed by atoms with Crippen molar-refractivity contribution in [3.8, 4) is 0 Å². The molecule has 0 aromatic rings. The lowest BCUT2D eigenvalue weighted by molar-refractivity contribution is -0.137. The summed E-state index contributed by atoms with van der Waals surface area (Å²) in [7, 11) is 9.76. The minimum Gasteiger partial charge on any atom is -0.381 e. The van der Waals surface area contributed by atoms with Crippen LogP contribution in [0.25, 0.3) is 0 Å². The van der Waals surface area contributed by atoms with Crippen molar-refractivity contribution < 1.29 is 81.6 Å². The summed E-state index contributed by atoms with van der Waals surface area (Å²) in [6.07, 6.45) is 9.40. The van der Waals surface area contributed by atoms with Gasteiger partial charge in [0.2, 0.25) is 6.08 Å². The van der Waals surface area contributed by atoms with Crippen molar-refractivity contribution >= 4 is 41.3 Å². The summed E-state index contributed by atoms with van der Waals surface area (Å²) in [6.45, 7) is 7.71. The molecule has 356 valence electrons. The predicted octanol–water partition coefficient (Wildman–Crippen LogP) is 4.00. The topological polar surface area (TPSA) is 193 Å². The molecule has 3 saturated heterocycles. The molecule has 3 aliphatic heterocycles. The summed E-state index contributed by atoms with van der Waals surface area (Å²) >= 11 is 0. The van der Waals surface area contributed by atoms with Crippen LogP contribution < -0.4 is 0 Å². The van der Waals surface area contributed by atoms with Crippen molar-refractivity contribution in [3.05, 3.63) is 0 Å². The molecule has 0 amide bonds. The maximum Gasteiger partial charge on any atom is 0.502 e. The van der Waals surface area contributed by atoms with E-state index in [4.69, 9.17) is 76.8 Å². The first kappa shape index (κ1) is 57.6. The van der Waals surface area contributed by atoms with Gasteiger partial charge in [0.15, 0.2) is 0 Å². The molecule has 4 aliphatic rings. The van der Waals surface area contributed by atoms with E-state index in [9.17, 15) is 4.79 Å². The number of ether oxygens (including phenoxy) is 5. The highest BCUT2D eigenvalue weighted by molar-refractivity contribution is 6.61. The molecule has 19 nitrogen and oxygen atoms in total. The van der Waals surface area contributed by atoms with Crippen LogP contribution in [0, 0.1) is 11.3 Å². The van der Waals surface area contributed by atoms with Gasteiger partial charge in [-0.2, -0.15) is 0 Å². The van der Waals surface area contributed by atoms with Crippen LogP contribution >= 0.6 is 0 Å². The van der Waals surface area contributed by atoms with Crippen LogP contribution in [0.1, 0.15) is 45.4 Å². The first-order chi connectivity index (χ1) is 28.8. The van der Waals surface area contributed by atoms with Crippen LogP contribution in [0.2, 0.25) is 24.2 Å². The molecule has 1 aliphatic carbocycles. The number of aliphatic imine (C=N–C) groups is 1. The van der Waals surface area contributed by atoms with Gasteiger partial charge in [0, 0.05) is 122 Å². The van der Waals surface area contributed by atoms with Gasteiger partial charge in [-0.1, -0.05) is 6.92 Å². The Morgan fingerprint density at radius 3 is 1.53 bits per heavy atom. The molecule has 3 heterocycles. The first-order valence-corrected chi connectivity index (χ1v) is 28.2. The molecule has 1 saturated carbocycles. The van der Waals surface area contributed by atoms with E-state index in [0.29, 0.717) is 69.8 Å². The van der Waals surface area contributed by atoms with Crippen molar-refractivity contribution in [1.82, 2.24) is 0 Å². The van der Waals surface area contributed by atoms with E-state index in [1.165, 1.54) is 25.3 Å². The van der Waals surface area contributed by atoms with E-state index < -0.39 is 35.2 Å². The molecule has 0 aromatic carbocycles. The largest absolute Gasteiger partial charge is 0.502 e. The first-order valence-electron chi connectivity index (χ1n) is 20.5.